The van der Waals surface area contributed by atoms with Gasteiger partial charge in [-0.3, -0.25) is 0 Å². The number of hydrogen-bond donors (Lipinski definition) is 1. The van der Waals surface area contributed by atoms with Gasteiger partial charge in [0.05, 0.1) is 11.1 Å². The number of carboxylic acids is 1. The number of thioether (sulfide) groups is 1. The van der Waals surface area contributed by atoms with Crippen LogP contribution in [0.3, 0.4) is 0 Å². The van der Waals surface area contributed by atoms with E-state index in [1.807, 2.05) is 0 Å². The minimum Gasteiger partial charge on any atom is -0.544 e. The van der Waals surface area contributed by atoms with E-state index in [2.05, 4.69) is 12.2 Å². The van der Waals surface area contributed by atoms with Crippen molar-refractivity contribution in [3.8, 4) is 0 Å². The summed E-state index contributed by atoms with van der Waals surface area (Å²) < 4.78 is -0.462. The van der Waals surface area contributed by atoms with Gasteiger partial charge in [0.25, 0.3) is 0 Å². The summed E-state index contributed by atoms with van der Waals surface area (Å²) in [6.45, 7) is 0. The maximum atomic E-state index is 11.6. The molecule has 7 heteroatoms. The average molecular weight is 247 g/mol. The van der Waals surface area contributed by atoms with E-state index in [4.69, 9.17) is 0 Å². The van der Waals surface area contributed by atoms with Crippen molar-refractivity contribution in [1.29, 1.82) is 0 Å². The lowest BCUT2D eigenvalue weighted by Gasteiger charge is -2.49. The SMILES string of the molecule is O=C([O-])C1CS[C@@H]2CC(=O)[N+]12C(O)C=S. The summed E-state index contributed by atoms with van der Waals surface area (Å²) in [7, 11) is 0. The first-order valence-electron chi connectivity index (χ1n) is 4.42. The maximum absolute atomic E-state index is 11.6. The van der Waals surface area contributed by atoms with Crippen molar-refractivity contribution < 1.29 is 24.3 Å². The topological polar surface area (TPSA) is 77.4 Å². The first kappa shape index (κ1) is 11.0. The summed E-state index contributed by atoms with van der Waals surface area (Å²) in [5.74, 6) is -1.28. The number of quaternary nitrogens is 1. The van der Waals surface area contributed by atoms with E-state index in [1.165, 1.54) is 11.8 Å². The summed E-state index contributed by atoms with van der Waals surface area (Å²) in [6.07, 6.45) is -0.918. The molecule has 2 fully saturated rings. The van der Waals surface area contributed by atoms with E-state index in [0.717, 1.165) is 5.37 Å². The van der Waals surface area contributed by atoms with Gasteiger partial charge in [0, 0.05) is 0 Å². The van der Waals surface area contributed by atoms with Crippen LogP contribution < -0.4 is 5.11 Å². The Morgan fingerprint density at radius 1 is 1.80 bits per heavy atom. The maximum Gasteiger partial charge on any atom is 0.324 e. The van der Waals surface area contributed by atoms with Gasteiger partial charge < -0.3 is 15.0 Å². The highest BCUT2D eigenvalue weighted by Gasteiger charge is 2.67. The van der Waals surface area contributed by atoms with Gasteiger partial charge in [-0.2, -0.15) is 0 Å². The van der Waals surface area contributed by atoms with Crippen LogP contribution in [0.15, 0.2) is 0 Å². The number of aliphatic hydroxyl groups excluding tert-OH is 1. The Morgan fingerprint density at radius 2 is 2.47 bits per heavy atom. The molecule has 0 aromatic carbocycles. The molecule has 2 aliphatic heterocycles. The molecule has 0 saturated carbocycles. The van der Waals surface area contributed by atoms with Crippen molar-refractivity contribution in [3.05, 3.63) is 0 Å². The highest BCUT2D eigenvalue weighted by molar-refractivity contribution is 8.00. The van der Waals surface area contributed by atoms with E-state index in [1.54, 1.807) is 0 Å². The third kappa shape index (κ3) is 1.20. The normalized spacial score (nSPS) is 40.5. The lowest BCUT2D eigenvalue weighted by atomic mass is 10.0. The minimum absolute atomic E-state index is 0.186. The van der Waals surface area contributed by atoms with Crippen LogP contribution in [0.4, 0.5) is 0 Å². The van der Waals surface area contributed by atoms with Crippen LogP contribution in [0.1, 0.15) is 6.42 Å². The number of carbonyl (C=O) groups is 2. The molecule has 2 heterocycles. The predicted octanol–water partition coefficient (Wildman–Crippen LogP) is -1.76. The molecular weight excluding hydrogens is 238 g/mol. The second-order valence-electron chi connectivity index (χ2n) is 3.60. The predicted molar refractivity (Wildman–Crippen MR) is 54.6 cm³/mol. The quantitative estimate of drug-likeness (QED) is 0.362. The number of fused-ring (bicyclic) bond motifs is 1. The monoisotopic (exact) mass is 247 g/mol. The Morgan fingerprint density at radius 3 is 2.93 bits per heavy atom. The molecule has 5 nitrogen and oxygen atoms in total. The fraction of sp³-hybridized carbons (Fsp3) is 0.625. The van der Waals surface area contributed by atoms with E-state index >= 15 is 0 Å². The van der Waals surface area contributed by atoms with Crippen LogP contribution in [-0.4, -0.2) is 50.2 Å². The van der Waals surface area contributed by atoms with Crippen molar-refractivity contribution in [2.45, 2.75) is 24.1 Å². The van der Waals surface area contributed by atoms with Gasteiger partial charge in [0.15, 0.2) is 5.37 Å². The molecule has 1 amide bonds. The van der Waals surface area contributed by atoms with Gasteiger partial charge in [-0.15, -0.1) is 0 Å². The Kier molecular flexibility index (Phi) is 2.58. The van der Waals surface area contributed by atoms with Crippen molar-refractivity contribution in [3.63, 3.8) is 0 Å². The molecule has 0 aromatic rings. The van der Waals surface area contributed by atoms with Crippen LogP contribution in [0.5, 0.6) is 0 Å². The standard InChI is InChI=1S/C8H9NO4S2/c10-5-1-7-9(5,6(11)2-14)4(3-15-7)8(12)13/h2,4,6-7,11H,1,3H2/t4?,6?,7-,9?/m1/s1. The molecule has 2 aliphatic rings. The number of aliphatic carboxylic acids is 1. The number of carboxylic acid groups (broad SMARTS) is 1. The number of carbonyl (C=O) groups excluding carboxylic acids is 2. The van der Waals surface area contributed by atoms with Crippen molar-refractivity contribution in [1.82, 2.24) is 0 Å². The first-order valence-corrected chi connectivity index (χ1v) is 5.94. The second kappa shape index (κ2) is 3.51. The third-order valence-electron chi connectivity index (χ3n) is 3.05. The van der Waals surface area contributed by atoms with Crippen molar-refractivity contribution >= 4 is 41.2 Å². The van der Waals surface area contributed by atoms with Gasteiger partial charge >= 0.3 is 5.91 Å². The molecule has 2 rings (SSSR count). The van der Waals surface area contributed by atoms with Crippen molar-refractivity contribution in [2.75, 3.05) is 5.75 Å². The molecule has 0 aromatic heterocycles. The number of hydrogen-bond acceptors (Lipinski definition) is 6. The molecule has 0 spiro atoms. The Bertz CT molecular complexity index is 348. The van der Waals surface area contributed by atoms with Gasteiger partial charge in [-0.25, -0.2) is 9.28 Å². The summed E-state index contributed by atoms with van der Waals surface area (Å²) in [5.41, 5.74) is 0. The molecular formula is C8H9NO4S2. The van der Waals surface area contributed by atoms with E-state index in [0.29, 0.717) is 12.2 Å². The molecule has 2 saturated heterocycles. The molecule has 0 bridgehead atoms. The van der Waals surface area contributed by atoms with Crippen LogP contribution in [0.25, 0.3) is 0 Å². The first-order chi connectivity index (χ1) is 7.05. The van der Waals surface area contributed by atoms with E-state index < -0.39 is 22.7 Å². The Labute approximate surface area is 95.6 Å². The zero-order chi connectivity index (χ0) is 11.2. The van der Waals surface area contributed by atoms with Gasteiger partial charge in [0.1, 0.15) is 18.4 Å². The molecule has 3 unspecified atom stereocenters. The van der Waals surface area contributed by atoms with Gasteiger partial charge in [0.2, 0.25) is 6.23 Å². The molecule has 15 heavy (non-hydrogen) atoms. The third-order valence-corrected chi connectivity index (χ3v) is 4.70. The number of aliphatic hydroxyl groups is 1. The zero-order valence-electron chi connectivity index (χ0n) is 7.66. The lowest BCUT2D eigenvalue weighted by Crippen LogP contribution is -2.76. The zero-order valence-corrected chi connectivity index (χ0v) is 9.29. The number of amides is 1. The fourth-order valence-electron chi connectivity index (χ4n) is 2.23. The van der Waals surface area contributed by atoms with E-state index in [-0.39, 0.29) is 11.3 Å². The van der Waals surface area contributed by atoms with Crippen LogP contribution in [0, 0.1) is 0 Å². The van der Waals surface area contributed by atoms with Gasteiger partial charge in [-0.1, -0.05) is 24.0 Å². The summed E-state index contributed by atoms with van der Waals surface area (Å²) in [5, 5.41) is 21.5. The largest absolute Gasteiger partial charge is 0.544 e. The highest BCUT2D eigenvalue weighted by atomic mass is 32.2. The summed E-state index contributed by atoms with van der Waals surface area (Å²) in [4.78, 5) is 22.5. The molecule has 0 radical (unpaired) electrons. The second-order valence-corrected chi connectivity index (χ2v) is 5.09. The number of nitrogens with zero attached hydrogens (tertiary/aromatic N) is 1. The average Bonchev–Trinajstić information content (AvgIpc) is 2.50. The highest BCUT2D eigenvalue weighted by Crippen LogP contribution is 2.48. The smallest absolute Gasteiger partial charge is 0.324 e. The summed E-state index contributed by atoms with van der Waals surface area (Å²) >= 11 is 5.98. The van der Waals surface area contributed by atoms with Crippen LogP contribution in [0.2, 0.25) is 0 Å². The van der Waals surface area contributed by atoms with Crippen LogP contribution >= 0.6 is 24.0 Å². The Balaban J connectivity index is 2.40. The molecule has 4 atom stereocenters. The van der Waals surface area contributed by atoms with Crippen molar-refractivity contribution in [2.24, 2.45) is 0 Å². The summed E-state index contributed by atoms with van der Waals surface area (Å²) in [6, 6.07) is -0.976. The number of β-lactam (4-membered cyclic amide) rings is 1. The lowest BCUT2D eigenvalue weighted by molar-refractivity contribution is -0.932. The molecule has 1 N–H and O–H groups in total. The van der Waals surface area contributed by atoms with Gasteiger partial charge in [-0.05, 0) is 0 Å². The van der Waals surface area contributed by atoms with E-state index in [9.17, 15) is 19.8 Å². The molecule has 82 valence electrons. The fourth-order valence-corrected chi connectivity index (χ4v) is 4.12. The Hall–Kier alpha value is -0.500. The van der Waals surface area contributed by atoms with Crippen LogP contribution in [-0.2, 0) is 9.59 Å². The molecule has 0 aliphatic carbocycles. The number of thiocarbonyl (C=S) groups is 1. The number of rotatable bonds is 3. The minimum atomic E-state index is -1.30.